The van der Waals surface area contributed by atoms with Gasteiger partial charge in [-0.05, 0) is 54.5 Å². The Morgan fingerprint density at radius 3 is 2.52 bits per heavy atom. The molecule has 2 amide bonds. The number of nitrogens with zero attached hydrogens (tertiary/aromatic N) is 2. The molecule has 0 unspecified atom stereocenters. The molecule has 2 heterocycles. The molecule has 1 aromatic carbocycles. The molecule has 1 aliphatic rings. The molecule has 1 N–H and O–H groups in total. The van der Waals surface area contributed by atoms with Crippen molar-refractivity contribution >= 4 is 28.8 Å². The van der Waals surface area contributed by atoms with Gasteiger partial charge in [-0.2, -0.15) is 0 Å². The Balaban J connectivity index is 1.72. The molecule has 3 aromatic rings. The summed E-state index contributed by atoms with van der Waals surface area (Å²) in [5, 5.41) is 5.22. The minimum atomic E-state index is -0.777. The van der Waals surface area contributed by atoms with E-state index < -0.39 is 6.04 Å². The van der Waals surface area contributed by atoms with Crippen LogP contribution in [0.3, 0.4) is 0 Å². The fourth-order valence-corrected chi connectivity index (χ4v) is 5.16. The van der Waals surface area contributed by atoms with Crippen molar-refractivity contribution in [1.82, 2.24) is 10.3 Å². The van der Waals surface area contributed by atoms with Gasteiger partial charge in [0.15, 0.2) is 0 Å². The summed E-state index contributed by atoms with van der Waals surface area (Å²) in [6.07, 6.45) is 9.99. The van der Waals surface area contributed by atoms with Crippen molar-refractivity contribution in [2.24, 2.45) is 0 Å². The number of hydrogen-bond donors (Lipinski definition) is 1. The second-order valence-corrected chi connectivity index (χ2v) is 9.60. The van der Waals surface area contributed by atoms with Crippen molar-refractivity contribution in [3.05, 3.63) is 82.3 Å². The van der Waals surface area contributed by atoms with E-state index in [0.29, 0.717) is 5.56 Å². The van der Waals surface area contributed by atoms with Crippen molar-refractivity contribution in [2.75, 3.05) is 4.90 Å². The molecule has 4 rings (SSSR count). The number of carbonyl (C=O) groups is 2. The average Bonchev–Trinajstić information content (AvgIpc) is 3.36. The molecule has 0 radical (unpaired) electrons. The molecule has 33 heavy (non-hydrogen) atoms. The van der Waals surface area contributed by atoms with Gasteiger partial charge in [-0.15, -0.1) is 11.3 Å². The fourth-order valence-electron chi connectivity index (χ4n) is 4.46. The van der Waals surface area contributed by atoms with E-state index in [-0.39, 0.29) is 24.3 Å². The Bertz CT molecular complexity index is 1030. The molecule has 0 saturated heterocycles. The van der Waals surface area contributed by atoms with Crippen LogP contribution < -0.4 is 10.2 Å². The highest BCUT2D eigenvalue weighted by Gasteiger charge is 2.34. The van der Waals surface area contributed by atoms with Gasteiger partial charge in [0.25, 0.3) is 0 Å². The standard InChI is InChI=1S/C27H31N3O2S/c1-2-20-12-14-23(15-13-20)30(25(31)18-24-11-7-17-33-24)26(21-8-6-16-28-19-21)27(32)29-22-9-4-3-5-10-22/h6-8,11-17,19,22,26H,2-5,9-10,18H2,1H3,(H,29,32)/t26-/m1/s1. The minimum Gasteiger partial charge on any atom is -0.351 e. The molecule has 1 aliphatic carbocycles. The smallest absolute Gasteiger partial charge is 0.248 e. The van der Waals surface area contributed by atoms with Crippen LogP contribution in [0, 0.1) is 0 Å². The summed E-state index contributed by atoms with van der Waals surface area (Å²) in [6, 6.07) is 14.9. The van der Waals surface area contributed by atoms with Gasteiger partial charge in [-0.25, -0.2) is 0 Å². The lowest BCUT2D eigenvalue weighted by molar-refractivity contribution is -0.127. The first kappa shape index (κ1) is 23.2. The van der Waals surface area contributed by atoms with Crippen LogP contribution in [0.15, 0.2) is 66.3 Å². The number of nitrogens with one attached hydrogen (secondary N) is 1. The summed E-state index contributed by atoms with van der Waals surface area (Å²) in [4.78, 5) is 34.3. The number of hydrogen-bond acceptors (Lipinski definition) is 4. The van der Waals surface area contributed by atoms with Gasteiger partial charge >= 0.3 is 0 Å². The Kier molecular flexibility index (Phi) is 7.89. The lowest BCUT2D eigenvalue weighted by atomic mass is 9.94. The maximum atomic E-state index is 13.7. The number of amides is 2. The molecule has 1 atom stereocenters. The van der Waals surface area contributed by atoms with E-state index in [1.165, 1.54) is 12.0 Å². The van der Waals surface area contributed by atoms with Gasteiger partial charge < -0.3 is 5.32 Å². The molecule has 2 aromatic heterocycles. The first-order valence-electron chi connectivity index (χ1n) is 11.8. The van der Waals surface area contributed by atoms with Gasteiger partial charge in [0.2, 0.25) is 11.8 Å². The average molecular weight is 462 g/mol. The molecule has 5 nitrogen and oxygen atoms in total. The van der Waals surface area contributed by atoms with Crippen LogP contribution >= 0.6 is 11.3 Å². The molecule has 1 saturated carbocycles. The quantitative estimate of drug-likeness (QED) is 0.484. The largest absolute Gasteiger partial charge is 0.351 e. The second-order valence-electron chi connectivity index (χ2n) is 8.57. The number of rotatable bonds is 8. The first-order chi connectivity index (χ1) is 16.2. The second kappa shape index (κ2) is 11.2. The maximum absolute atomic E-state index is 13.7. The highest BCUT2D eigenvalue weighted by Crippen LogP contribution is 2.30. The van der Waals surface area contributed by atoms with Gasteiger partial charge in [0.1, 0.15) is 6.04 Å². The molecule has 172 valence electrons. The molecule has 0 spiro atoms. The monoisotopic (exact) mass is 461 g/mol. The van der Waals surface area contributed by atoms with Crippen molar-refractivity contribution in [1.29, 1.82) is 0 Å². The Morgan fingerprint density at radius 2 is 1.88 bits per heavy atom. The summed E-state index contributed by atoms with van der Waals surface area (Å²) < 4.78 is 0. The zero-order valence-corrected chi connectivity index (χ0v) is 19.9. The molecule has 0 aliphatic heterocycles. The van der Waals surface area contributed by atoms with E-state index >= 15 is 0 Å². The van der Waals surface area contributed by atoms with Crippen molar-refractivity contribution in [3.8, 4) is 0 Å². The van der Waals surface area contributed by atoms with E-state index in [0.717, 1.165) is 42.7 Å². The van der Waals surface area contributed by atoms with Gasteiger partial charge in [-0.3, -0.25) is 19.5 Å². The molecule has 0 bridgehead atoms. The Hall–Kier alpha value is -2.99. The first-order valence-corrected chi connectivity index (χ1v) is 12.7. The Labute approximate surface area is 199 Å². The molecular weight excluding hydrogens is 430 g/mol. The number of thiophene rings is 1. The number of benzene rings is 1. The topological polar surface area (TPSA) is 62.3 Å². The zero-order valence-electron chi connectivity index (χ0n) is 19.1. The number of anilines is 1. The SMILES string of the molecule is CCc1ccc(N(C(=O)Cc2cccs2)[C@@H](C(=O)NC2CCCCC2)c2cccnc2)cc1. The number of carbonyl (C=O) groups excluding carboxylic acids is 2. The number of pyridine rings is 1. The van der Waals surface area contributed by atoms with E-state index in [9.17, 15) is 9.59 Å². The normalized spacial score (nSPS) is 15.1. The zero-order chi connectivity index (χ0) is 23.0. The van der Waals surface area contributed by atoms with Crippen LogP contribution in [-0.2, 0) is 22.4 Å². The number of aryl methyl sites for hydroxylation is 1. The van der Waals surface area contributed by atoms with Crippen LogP contribution in [0.4, 0.5) is 5.69 Å². The molecular formula is C27H31N3O2S. The summed E-state index contributed by atoms with van der Waals surface area (Å²) >= 11 is 1.55. The van der Waals surface area contributed by atoms with E-state index in [4.69, 9.17) is 0 Å². The predicted octanol–water partition coefficient (Wildman–Crippen LogP) is 5.47. The van der Waals surface area contributed by atoms with Crippen LogP contribution in [-0.4, -0.2) is 22.8 Å². The summed E-state index contributed by atoms with van der Waals surface area (Å²) in [6.45, 7) is 2.10. The van der Waals surface area contributed by atoms with Crippen LogP contribution in [0.5, 0.6) is 0 Å². The summed E-state index contributed by atoms with van der Waals surface area (Å²) in [7, 11) is 0. The molecule has 6 heteroatoms. The predicted molar refractivity (Wildman–Crippen MR) is 133 cm³/mol. The van der Waals surface area contributed by atoms with E-state index in [1.807, 2.05) is 53.9 Å². The highest BCUT2D eigenvalue weighted by molar-refractivity contribution is 7.10. The fraction of sp³-hybridized carbons (Fsp3) is 0.370. The third kappa shape index (κ3) is 5.88. The van der Waals surface area contributed by atoms with Crippen LogP contribution in [0.25, 0.3) is 0 Å². The summed E-state index contributed by atoms with van der Waals surface area (Å²) in [5.74, 6) is -0.247. The van der Waals surface area contributed by atoms with Gasteiger partial charge in [0.05, 0.1) is 6.42 Å². The minimum absolute atomic E-state index is 0.102. The van der Waals surface area contributed by atoms with E-state index in [2.05, 4.69) is 17.2 Å². The van der Waals surface area contributed by atoms with Crippen LogP contribution in [0.2, 0.25) is 0 Å². The van der Waals surface area contributed by atoms with Gasteiger partial charge in [0, 0.05) is 34.6 Å². The summed E-state index contributed by atoms with van der Waals surface area (Å²) in [5.41, 5.74) is 2.63. The van der Waals surface area contributed by atoms with Crippen molar-refractivity contribution in [2.45, 2.75) is 64.0 Å². The van der Waals surface area contributed by atoms with Crippen molar-refractivity contribution in [3.63, 3.8) is 0 Å². The number of aromatic nitrogens is 1. The highest BCUT2D eigenvalue weighted by atomic mass is 32.1. The van der Waals surface area contributed by atoms with Crippen LogP contribution in [0.1, 0.15) is 61.1 Å². The van der Waals surface area contributed by atoms with E-state index in [1.54, 1.807) is 28.6 Å². The maximum Gasteiger partial charge on any atom is 0.248 e. The molecule has 1 fully saturated rings. The third-order valence-corrected chi connectivity index (χ3v) is 7.13. The van der Waals surface area contributed by atoms with Crippen molar-refractivity contribution < 1.29 is 9.59 Å². The third-order valence-electron chi connectivity index (χ3n) is 6.26. The Morgan fingerprint density at radius 1 is 1.09 bits per heavy atom. The lowest BCUT2D eigenvalue weighted by Crippen LogP contribution is -2.47. The van der Waals surface area contributed by atoms with Gasteiger partial charge in [-0.1, -0.05) is 50.5 Å². The lowest BCUT2D eigenvalue weighted by Gasteiger charge is -2.33.